The fraction of sp³-hybridized carbons (Fsp3) is 0.310. The Morgan fingerprint density at radius 3 is 2.20 bits per heavy atom. The molecule has 3 rings (SSSR count). The second kappa shape index (κ2) is 14.3. The monoisotopic (exact) mass is 667 g/mol. The smallest absolute Gasteiger partial charge is 0.264 e. The first-order chi connectivity index (χ1) is 18.9. The number of amides is 2. The Balaban J connectivity index is 2.05. The summed E-state index contributed by atoms with van der Waals surface area (Å²) >= 11 is 15.9. The van der Waals surface area contributed by atoms with Crippen molar-refractivity contribution in [3.05, 3.63) is 92.9 Å². The molecule has 1 atom stereocenters. The molecule has 0 aliphatic rings. The predicted octanol–water partition coefficient (Wildman–Crippen LogP) is 6.53. The summed E-state index contributed by atoms with van der Waals surface area (Å²) in [5, 5.41) is 3.67. The molecule has 0 aliphatic heterocycles. The zero-order valence-corrected chi connectivity index (χ0v) is 26.4. The molecule has 3 aromatic carbocycles. The SMILES string of the molecule is CC[C@H](C(=O)NCC(C)C)N(Cc1ccc(Cl)cc1Cl)C(=O)CN(c1ccc(Br)cc1)S(=O)(=O)c1ccccc1. The van der Waals surface area contributed by atoms with Gasteiger partial charge in [-0.2, -0.15) is 0 Å². The number of benzene rings is 3. The van der Waals surface area contributed by atoms with E-state index in [9.17, 15) is 18.0 Å². The van der Waals surface area contributed by atoms with Gasteiger partial charge in [0, 0.05) is 27.6 Å². The topological polar surface area (TPSA) is 86.8 Å². The van der Waals surface area contributed by atoms with Gasteiger partial charge in [-0.05, 0) is 66.4 Å². The van der Waals surface area contributed by atoms with Gasteiger partial charge in [0.15, 0.2) is 0 Å². The van der Waals surface area contributed by atoms with E-state index in [1.807, 2.05) is 13.8 Å². The number of nitrogens with one attached hydrogen (secondary N) is 1. The molecule has 214 valence electrons. The van der Waals surface area contributed by atoms with Crippen molar-refractivity contribution in [3.63, 3.8) is 0 Å². The van der Waals surface area contributed by atoms with Crippen LogP contribution in [0.4, 0.5) is 5.69 Å². The Hall–Kier alpha value is -2.59. The minimum atomic E-state index is -4.13. The number of hydrogen-bond acceptors (Lipinski definition) is 4. The highest BCUT2D eigenvalue weighted by Gasteiger charge is 2.34. The molecular formula is C29H32BrCl2N3O4S. The van der Waals surface area contributed by atoms with Gasteiger partial charge in [-0.15, -0.1) is 0 Å². The van der Waals surface area contributed by atoms with Gasteiger partial charge in [-0.1, -0.05) is 84.2 Å². The lowest BCUT2D eigenvalue weighted by Crippen LogP contribution is -2.52. The minimum absolute atomic E-state index is 0.0119. The number of nitrogens with zero attached hydrogens (tertiary/aromatic N) is 2. The van der Waals surface area contributed by atoms with Crippen LogP contribution in [-0.4, -0.2) is 44.3 Å². The van der Waals surface area contributed by atoms with E-state index in [0.29, 0.717) is 34.3 Å². The normalized spacial score (nSPS) is 12.2. The maximum atomic E-state index is 14.1. The van der Waals surface area contributed by atoms with E-state index in [2.05, 4.69) is 21.2 Å². The molecule has 0 aliphatic carbocycles. The van der Waals surface area contributed by atoms with E-state index in [1.165, 1.54) is 17.0 Å². The van der Waals surface area contributed by atoms with Crippen molar-refractivity contribution in [3.8, 4) is 0 Å². The lowest BCUT2D eigenvalue weighted by atomic mass is 10.1. The molecule has 40 heavy (non-hydrogen) atoms. The zero-order chi connectivity index (χ0) is 29.4. The van der Waals surface area contributed by atoms with Crippen molar-refractivity contribution in [2.45, 2.75) is 44.7 Å². The average Bonchev–Trinajstić information content (AvgIpc) is 2.92. The van der Waals surface area contributed by atoms with Crippen molar-refractivity contribution < 1.29 is 18.0 Å². The summed E-state index contributed by atoms with van der Waals surface area (Å²) in [7, 11) is -4.13. The van der Waals surface area contributed by atoms with Gasteiger partial charge in [0.1, 0.15) is 12.6 Å². The molecule has 0 radical (unpaired) electrons. The fourth-order valence-corrected chi connectivity index (χ4v) is 6.20. The number of carbonyl (C=O) groups is 2. The Labute approximate surface area is 254 Å². The largest absolute Gasteiger partial charge is 0.354 e. The van der Waals surface area contributed by atoms with Gasteiger partial charge in [-0.25, -0.2) is 8.42 Å². The van der Waals surface area contributed by atoms with Gasteiger partial charge >= 0.3 is 0 Å². The zero-order valence-electron chi connectivity index (χ0n) is 22.5. The highest BCUT2D eigenvalue weighted by Crippen LogP contribution is 2.27. The van der Waals surface area contributed by atoms with Crippen LogP contribution in [0.5, 0.6) is 0 Å². The van der Waals surface area contributed by atoms with E-state index in [0.717, 1.165) is 8.78 Å². The van der Waals surface area contributed by atoms with Crippen LogP contribution < -0.4 is 9.62 Å². The molecule has 3 aromatic rings. The highest BCUT2D eigenvalue weighted by molar-refractivity contribution is 9.10. The third-order valence-electron chi connectivity index (χ3n) is 6.15. The molecule has 0 unspecified atom stereocenters. The number of rotatable bonds is 12. The summed E-state index contributed by atoms with van der Waals surface area (Å²) < 4.78 is 29.4. The first-order valence-electron chi connectivity index (χ1n) is 12.8. The van der Waals surface area contributed by atoms with Crippen molar-refractivity contribution >= 4 is 66.7 Å². The average molecular weight is 669 g/mol. The first kappa shape index (κ1) is 31.9. The lowest BCUT2D eigenvalue weighted by molar-refractivity contribution is -0.140. The van der Waals surface area contributed by atoms with Gasteiger partial charge in [0.25, 0.3) is 10.0 Å². The maximum absolute atomic E-state index is 14.1. The lowest BCUT2D eigenvalue weighted by Gasteiger charge is -2.33. The van der Waals surface area contributed by atoms with E-state index >= 15 is 0 Å². The van der Waals surface area contributed by atoms with Crippen LogP contribution in [0, 0.1) is 5.92 Å². The molecule has 0 heterocycles. The first-order valence-corrected chi connectivity index (χ1v) is 15.8. The van der Waals surface area contributed by atoms with Crippen LogP contribution in [0.25, 0.3) is 0 Å². The summed E-state index contributed by atoms with van der Waals surface area (Å²) in [6.07, 6.45) is 0.310. The Bertz CT molecular complexity index is 1420. The van der Waals surface area contributed by atoms with Gasteiger partial charge in [-0.3, -0.25) is 13.9 Å². The minimum Gasteiger partial charge on any atom is -0.354 e. The van der Waals surface area contributed by atoms with Crippen LogP contribution in [0.15, 0.2) is 82.2 Å². The van der Waals surface area contributed by atoms with E-state index in [4.69, 9.17) is 23.2 Å². The Kier molecular flexibility index (Phi) is 11.5. The number of carbonyl (C=O) groups excluding carboxylic acids is 2. The van der Waals surface area contributed by atoms with E-state index in [-0.39, 0.29) is 23.3 Å². The third kappa shape index (κ3) is 8.22. The van der Waals surface area contributed by atoms with Crippen molar-refractivity contribution in [2.24, 2.45) is 5.92 Å². The van der Waals surface area contributed by atoms with Crippen LogP contribution >= 0.6 is 39.1 Å². The van der Waals surface area contributed by atoms with E-state index < -0.39 is 28.5 Å². The molecule has 7 nitrogen and oxygen atoms in total. The molecular weight excluding hydrogens is 637 g/mol. The molecule has 0 saturated carbocycles. The summed E-state index contributed by atoms with van der Waals surface area (Å²) in [6, 6.07) is 18.6. The molecule has 0 saturated heterocycles. The predicted molar refractivity (Wildman–Crippen MR) is 164 cm³/mol. The van der Waals surface area contributed by atoms with E-state index in [1.54, 1.807) is 67.6 Å². The third-order valence-corrected chi connectivity index (χ3v) is 9.05. The summed E-state index contributed by atoms with van der Waals surface area (Å²) in [5.74, 6) is -0.670. The second-order valence-electron chi connectivity index (χ2n) is 9.62. The summed E-state index contributed by atoms with van der Waals surface area (Å²) in [5.41, 5.74) is 0.887. The van der Waals surface area contributed by atoms with Crippen LogP contribution in [0.3, 0.4) is 0 Å². The highest BCUT2D eigenvalue weighted by atomic mass is 79.9. The summed E-state index contributed by atoms with van der Waals surface area (Å²) in [4.78, 5) is 28.8. The number of anilines is 1. The molecule has 0 spiro atoms. The second-order valence-corrected chi connectivity index (χ2v) is 13.2. The number of sulfonamides is 1. The molecule has 0 bridgehead atoms. The van der Waals surface area contributed by atoms with Gasteiger partial charge in [0.05, 0.1) is 10.6 Å². The van der Waals surface area contributed by atoms with Crippen LogP contribution in [0.2, 0.25) is 10.0 Å². The standard InChI is InChI=1S/C29H32BrCl2N3O4S/c1-4-27(29(37)33-17-20(2)3)34(18-21-10-13-23(31)16-26(21)32)28(36)19-35(24-14-11-22(30)12-15-24)40(38,39)25-8-6-5-7-9-25/h5-16,20,27H,4,17-19H2,1-3H3,(H,33,37)/t27-/m1/s1. The van der Waals surface area contributed by atoms with Crippen LogP contribution in [-0.2, 0) is 26.2 Å². The Morgan fingerprint density at radius 2 is 1.62 bits per heavy atom. The Morgan fingerprint density at radius 1 is 0.975 bits per heavy atom. The maximum Gasteiger partial charge on any atom is 0.264 e. The molecule has 0 aromatic heterocycles. The van der Waals surface area contributed by atoms with Gasteiger partial charge in [0.2, 0.25) is 11.8 Å². The molecule has 1 N–H and O–H groups in total. The van der Waals surface area contributed by atoms with Crippen molar-refractivity contribution in [1.29, 1.82) is 0 Å². The quantitative estimate of drug-likeness (QED) is 0.238. The van der Waals surface area contributed by atoms with Crippen LogP contribution in [0.1, 0.15) is 32.8 Å². The van der Waals surface area contributed by atoms with Crippen molar-refractivity contribution in [2.75, 3.05) is 17.4 Å². The summed E-state index contributed by atoms with van der Waals surface area (Å²) in [6.45, 7) is 5.65. The van der Waals surface area contributed by atoms with Gasteiger partial charge < -0.3 is 10.2 Å². The molecule has 2 amide bonds. The number of halogens is 3. The molecule has 0 fully saturated rings. The fourth-order valence-electron chi connectivity index (χ4n) is 4.03. The van der Waals surface area contributed by atoms with Crippen molar-refractivity contribution in [1.82, 2.24) is 10.2 Å². The number of hydrogen-bond donors (Lipinski definition) is 1. The molecule has 11 heteroatoms.